The summed E-state index contributed by atoms with van der Waals surface area (Å²) < 4.78 is 2.06. The van der Waals surface area contributed by atoms with Gasteiger partial charge in [0.2, 0.25) is 0 Å². The fraction of sp³-hybridized carbons (Fsp3) is 0.267. The van der Waals surface area contributed by atoms with Crippen LogP contribution in [0.5, 0.6) is 0 Å². The van der Waals surface area contributed by atoms with Crippen LogP contribution >= 0.6 is 11.3 Å². The Labute approximate surface area is 116 Å². The molecule has 19 heavy (non-hydrogen) atoms. The molecule has 1 aromatic carbocycles. The molecule has 0 saturated heterocycles. The number of fused-ring (bicyclic) bond motifs is 1. The van der Waals surface area contributed by atoms with Gasteiger partial charge in [0.15, 0.2) is 0 Å². The summed E-state index contributed by atoms with van der Waals surface area (Å²) in [6.45, 7) is 4.94. The molecule has 0 aliphatic heterocycles. The fourth-order valence-corrected chi connectivity index (χ4v) is 3.05. The minimum atomic E-state index is 0.901. The molecule has 0 spiro atoms. The van der Waals surface area contributed by atoms with E-state index in [1.54, 1.807) is 0 Å². The van der Waals surface area contributed by atoms with Crippen LogP contribution in [0.15, 0.2) is 41.9 Å². The summed E-state index contributed by atoms with van der Waals surface area (Å²) >= 11 is 1.82. The van der Waals surface area contributed by atoms with Gasteiger partial charge in [-0.05, 0) is 30.0 Å². The second-order valence-corrected chi connectivity index (χ2v) is 5.63. The second kappa shape index (κ2) is 5.55. The van der Waals surface area contributed by atoms with Gasteiger partial charge < -0.3 is 5.32 Å². The van der Waals surface area contributed by atoms with E-state index in [9.17, 15) is 0 Å². The number of aryl methyl sites for hydroxylation is 1. The maximum Gasteiger partial charge on any atom is 0.0682 e. The van der Waals surface area contributed by atoms with Crippen molar-refractivity contribution in [1.29, 1.82) is 0 Å². The van der Waals surface area contributed by atoms with Crippen LogP contribution in [-0.2, 0) is 13.1 Å². The lowest BCUT2D eigenvalue weighted by Gasteiger charge is -2.06. The standard InChI is InChI=1S/C15H17N3S/c1-12-6-9-19-15(12)11-16-7-8-18-14-5-3-2-4-13(14)10-17-18/h2-6,9-10,16H,7-8,11H2,1H3. The molecule has 0 saturated carbocycles. The van der Waals surface area contributed by atoms with E-state index in [2.05, 4.69) is 51.7 Å². The smallest absolute Gasteiger partial charge is 0.0682 e. The number of benzene rings is 1. The SMILES string of the molecule is Cc1ccsc1CNCCn1ncc2ccccc21. The molecule has 0 aliphatic carbocycles. The van der Waals surface area contributed by atoms with E-state index >= 15 is 0 Å². The molecule has 1 N–H and O–H groups in total. The number of thiophene rings is 1. The Hall–Kier alpha value is -1.65. The van der Waals surface area contributed by atoms with Crippen molar-refractivity contribution in [2.45, 2.75) is 20.0 Å². The van der Waals surface area contributed by atoms with Crippen LogP contribution in [0.2, 0.25) is 0 Å². The van der Waals surface area contributed by atoms with Gasteiger partial charge in [-0.25, -0.2) is 0 Å². The first-order valence-corrected chi connectivity index (χ1v) is 7.37. The van der Waals surface area contributed by atoms with Gasteiger partial charge in [-0.2, -0.15) is 5.10 Å². The van der Waals surface area contributed by atoms with Gasteiger partial charge in [0.05, 0.1) is 18.3 Å². The zero-order chi connectivity index (χ0) is 13.1. The topological polar surface area (TPSA) is 29.9 Å². The van der Waals surface area contributed by atoms with Crippen molar-refractivity contribution < 1.29 is 0 Å². The second-order valence-electron chi connectivity index (χ2n) is 4.63. The Morgan fingerprint density at radius 1 is 1.26 bits per heavy atom. The highest BCUT2D eigenvalue weighted by molar-refractivity contribution is 7.10. The van der Waals surface area contributed by atoms with E-state index in [-0.39, 0.29) is 0 Å². The molecule has 2 aromatic heterocycles. The Morgan fingerprint density at radius 2 is 2.16 bits per heavy atom. The fourth-order valence-electron chi connectivity index (χ4n) is 2.18. The van der Waals surface area contributed by atoms with Crippen molar-refractivity contribution in [3.05, 3.63) is 52.3 Å². The van der Waals surface area contributed by atoms with E-state index in [1.165, 1.54) is 21.3 Å². The number of nitrogens with zero attached hydrogens (tertiary/aromatic N) is 2. The lowest BCUT2D eigenvalue weighted by Crippen LogP contribution is -2.19. The Kier molecular flexibility index (Phi) is 3.62. The van der Waals surface area contributed by atoms with Gasteiger partial charge in [-0.15, -0.1) is 11.3 Å². The van der Waals surface area contributed by atoms with Crippen molar-refractivity contribution >= 4 is 22.2 Å². The summed E-state index contributed by atoms with van der Waals surface area (Å²) in [7, 11) is 0. The summed E-state index contributed by atoms with van der Waals surface area (Å²) in [6, 6.07) is 10.5. The monoisotopic (exact) mass is 271 g/mol. The molecule has 3 aromatic rings. The first-order chi connectivity index (χ1) is 9.34. The average Bonchev–Trinajstić information content (AvgIpc) is 3.02. The van der Waals surface area contributed by atoms with E-state index in [0.29, 0.717) is 0 Å². The zero-order valence-corrected chi connectivity index (χ0v) is 11.8. The lowest BCUT2D eigenvalue weighted by atomic mass is 10.2. The zero-order valence-electron chi connectivity index (χ0n) is 11.0. The Bertz CT molecular complexity index is 669. The molecule has 0 unspecified atom stereocenters. The molecule has 0 fully saturated rings. The maximum absolute atomic E-state index is 4.43. The van der Waals surface area contributed by atoms with Crippen molar-refractivity contribution in [2.75, 3.05) is 6.54 Å². The molecule has 3 nitrogen and oxygen atoms in total. The lowest BCUT2D eigenvalue weighted by molar-refractivity contribution is 0.569. The average molecular weight is 271 g/mol. The molecule has 0 atom stereocenters. The van der Waals surface area contributed by atoms with Crippen LogP contribution in [0, 0.1) is 6.92 Å². The summed E-state index contributed by atoms with van der Waals surface area (Å²) in [5, 5.41) is 11.3. The molecule has 0 bridgehead atoms. The molecule has 0 aliphatic rings. The minimum Gasteiger partial charge on any atom is -0.310 e. The van der Waals surface area contributed by atoms with Crippen molar-refractivity contribution in [1.82, 2.24) is 15.1 Å². The van der Waals surface area contributed by atoms with Crippen LogP contribution in [-0.4, -0.2) is 16.3 Å². The van der Waals surface area contributed by atoms with Crippen molar-refractivity contribution in [3.8, 4) is 0 Å². The maximum atomic E-state index is 4.43. The third kappa shape index (κ3) is 2.69. The molecular weight excluding hydrogens is 254 g/mol. The van der Waals surface area contributed by atoms with Crippen molar-refractivity contribution in [3.63, 3.8) is 0 Å². The van der Waals surface area contributed by atoms with Gasteiger partial charge >= 0.3 is 0 Å². The summed E-state index contributed by atoms with van der Waals surface area (Å²) in [4.78, 5) is 1.42. The van der Waals surface area contributed by atoms with Crippen LogP contribution in [0.3, 0.4) is 0 Å². The molecule has 0 amide bonds. The third-order valence-electron chi connectivity index (χ3n) is 3.31. The highest BCUT2D eigenvalue weighted by Crippen LogP contribution is 2.15. The summed E-state index contributed by atoms with van der Waals surface area (Å²) in [5.41, 5.74) is 2.58. The van der Waals surface area contributed by atoms with E-state index in [0.717, 1.165) is 19.6 Å². The largest absolute Gasteiger partial charge is 0.310 e. The van der Waals surface area contributed by atoms with Gasteiger partial charge in [0.25, 0.3) is 0 Å². The van der Waals surface area contributed by atoms with Crippen LogP contribution in [0.4, 0.5) is 0 Å². The van der Waals surface area contributed by atoms with E-state index in [4.69, 9.17) is 0 Å². The molecule has 3 rings (SSSR count). The van der Waals surface area contributed by atoms with E-state index < -0.39 is 0 Å². The Balaban J connectivity index is 1.57. The number of aromatic nitrogens is 2. The molecule has 2 heterocycles. The van der Waals surface area contributed by atoms with E-state index in [1.807, 2.05) is 23.6 Å². The third-order valence-corrected chi connectivity index (χ3v) is 4.33. The summed E-state index contributed by atoms with van der Waals surface area (Å²) in [6.07, 6.45) is 1.93. The normalized spacial score (nSPS) is 11.2. The molecular formula is C15H17N3S. The highest BCUT2D eigenvalue weighted by atomic mass is 32.1. The van der Waals surface area contributed by atoms with Crippen LogP contribution in [0.1, 0.15) is 10.4 Å². The van der Waals surface area contributed by atoms with Gasteiger partial charge in [0.1, 0.15) is 0 Å². The van der Waals surface area contributed by atoms with Crippen LogP contribution < -0.4 is 5.32 Å². The minimum absolute atomic E-state index is 0.901. The van der Waals surface area contributed by atoms with Crippen LogP contribution in [0.25, 0.3) is 10.9 Å². The predicted octanol–water partition coefficient (Wildman–Crippen LogP) is 3.20. The Morgan fingerprint density at radius 3 is 3.00 bits per heavy atom. The van der Waals surface area contributed by atoms with Gasteiger partial charge in [-0.1, -0.05) is 18.2 Å². The first-order valence-electron chi connectivity index (χ1n) is 6.49. The number of nitrogens with one attached hydrogen (secondary N) is 1. The molecule has 0 radical (unpaired) electrons. The number of rotatable bonds is 5. The van der Waals surface area contributed by atoms with Gasteiger partial charge in [0, 0.05) is 23.4 Å². The molecule has 98 valence electrons. The number of hydrogen-bond acceptors (Lipinski definition) is 3. The highest BCUT2D eigenvalue weighted by Gasteiger charge is 2.02. The number of para-hydroxylation sites is 1. The van der Waals surface area contributed by atoms with Gasteiger partial charge in [-0.3, -0.25) is 4.68 Å². The first kappa shape index (κ1) is 12.4. The van der Waals surface area contributed by atoms with Crippen molar-refractivity contribution in [2.24, 2.45) is 0 Å². The quantitative estimate of drug-likeness (QED) is 0.722. The molecule has 4 heteroatoms. The summed E-state index contributed by atoms with van der Waals surface area (Å²) in [5.74, 6) is 0. The predicted molar refractivity (Wildman–Crippen MR) is 80.5 cm³/mol. The number of hydrogen-bond donors (Lipinski definition) is 1.